The number of hydrogen-bond donors (Lipinski definition) is 0. The largest absolute Gasteiger partial charge is 0.257 e. The average molecular weight is 183 g/mol. The summed E-state index contributed by atoms with van der Waals surface area (Å²) in [5, 5.41) is 4.88. The monoisotopic (exact) mass is 182 g/mol. The zero-order valence-electron chi connectivity index (χ0n) is 7.26. The molecule has 0 saturated heterocycles. The lowest BCUT2D eigenvalue weighted by Gasteiger charge is -1.95. The fourth-order valence-corrected chi connectivity index (χ4v) is 1.42. The molecule has 64 valence electrons. The van der Waals surface area contributed by atoms with Crippen molar-refractivity contribution in [3.05, 3.63) is 16.4 Å². The first-order valence-electron chi connectivity index (χ1n) is 3.78. The number of aryl methyl sites for hydroxylation is 2. The Labute approximate surface area is 77.5 Å². The lowest BCUT2D eigenvalue weighted by molar-refractivity contribution is 0.757. The molecule has 0 bridgehead atoms. The Morgan fingerprint density at radius 3 is 2.75 bits per heavy atom. The molecule has 2 nitrogen and oxygen atoms in total. The van der Waals surface area contributed by atoms with Crippen LogP contribution < -0.4 is 0 Å². The van der Waals surface area contributed by atoms with Crippen molar-refractivity contribution in [3.63, 3.8) is 0 Å². The molecule has 1 rings (SSSR count). The molecule has 0 radical (unpaired) electrons. The highest BCUT2D eigenvalue weighted by atomic mass is 35.5. The summed E-state index contributed by atoms with van der Waals surface area (Å²) >= 11 is 5.98. The van der Waals surface area contributed by atoms with Gasteiger partial charge in [-0.05, 0) is 13.3 Å². The van der Waals surface area contributed by atoms with Gasteiger partial charge in [-0.3, -0.25) is 4.68 Å². The summed E-state index contributed by atoms with van der Waals surface area (Å²) in [6.45, 7) is 1.94. The normalized spacial score (nSPS) is 9.83. The summed E-state index contributed by atoms with van der Waals surface area (Å²) in [4.78, 5) is 0. The number of aromatic nitrogens is 2. The lowest BCUT2D eigenvalue weighted by Crippen LogP contribution is -1.89. The topological polar surface area (TPSA) is 17.8 Å². The molecule has 0 spiro atoms. The van der Waals surface area contributed by atoms with E-state index < -0.39 is 0 Å². The standard InChI is InChI=1S/C9H11ClN2/c1-4-5-6-8-7(2)11-12(3)9(8)10/h1H,5-6H2,2-3H3. The molecule has 0 aliphatic heterocycles. The molecule has 0 saturated carbocycles. The van der Waals surface area contributed by atoms with Crippen LogP contribution in [-0.2, 0) is 13.5 Å². The number of halogens is 1. The molecular weight excluding hydrogens is 172 g/mol. The second-order valence-corrected chi connectivity index (χ2v) is 3.04. The van der Waals surface area contributed by atoms with E-state index in [1.54, 1.807) is 4.68 Å². The van der Waals surface area contributed by atoms with Gasteiger partial charge in [-0.25, -0.2) is 0 Å². The fourth-order valence-electron chi connectivity index (χ4n) is 1.16. The van der Waals surface area contributed by atoms with Crippen molar-refractivity contribution in [1.29, 1.82) is 0 Å². The summed E-state index contributed by atoms with van der Waals surface area (Å²) in [5.74, 6) is 2.58. The van der Waals surface area contributed by atoms with Crippen molar-refractivity contribution in [1.82, 2.24) is 9.78 Å². The van der Waals surface area contributed by atoms with E-state index in [1.165, 1.54) is 0 Å². The first-order valence-corrected chi connectivity index (χ1v) is 4.16. The number of rotatable bonds is 2. The molecular formula is C9H11ClN2. The van der Waals surface area contributed by atoms with Gasteiger partial charge in [0.05, 0.1) is 5.69 Å². The summed E-state index contributed by atoms with van der Waals surface area (Å²) in [6.07, 6.45) is 6.69. The second-order valence-electron chi connectivity index (χ2n) is 2.68. The van der Waals surface area contributed by atoms with E-state index >= 15 is 0 Å². The first-order chi connectivity index (χ1) is 5.66. The van der Waals surface area contributed by atoms with Gasteiger partial charge in [0.2, 0.25) is 0 Å². The SMILES string of the molecule is C#CCCc1c(C)nn(C)c1Cl. The van der Waals surface area contributed by atoms with Crippen LogP contribution in [0.1, 0.15) is 17.7 Å². The maximum atomic E-state index is 5.98. The van der Waals surface area contributed by atoms with E-state index in [0.717, 1.165) is 17.7 Å². The quantitative estimate of drug-likeness (QED) is 0.640. The summed E-state index contributed by atoms with van der Waals surface area (Å²) < 4.78 is 1.67. The Kier molecular flexibility index (Phi) is 2.78. The van der Waals surface area contributed by atoms with Crippen LogP contribution in [0.3, 0.4) is 0 Å². The third-order valence-electron chi connectivity index (χ3n) is 1.79. The van der Waals surface area contributed by atoms with Crippen molar-refractivity contribution in [2.24, 2.45) is 7.05 Å². The van der Waals surface area contributed by atoms with E-state index in [0.29, 0.717) is 11.6 Å². The summed E-state index contributed by atoms with van der Waals surface area (Å²) in [5.41, 5.74) is 2.04. The van der Waals surface area contributed by atoms with Gasteiger partial charge in [-0.15, -0.1) is 12.3 Å². The third kappa shape index (κ3) is 1.62. The molecule has 1 aromatic rings. The smallest absolute Gasteiger partial charge is 0.130 e. The lowest BCUT2D eigenvalue weighted by atomic mass is 10.1. The average Bonchev–Trinajstić information content (AvgIpc) is 2.25. The predicted molar refractivity (Wildman–Crippen MR) is 50.1 cm³/mol. The Hall–Kier alpha value is -0.940. The van der Waals surface area contributed by atoms with Crippen LogP contribution in [-0.4, -0.2) is 9.78 Å². The highest BCUT2D eigenvalue weighted by Gasteiger charge is 2.09. The highest BCUT2D eigenvalue weighted by Crippen LogP contribution is 2.19. The third-order valence-corrected chi connectivity index (χ3v) is 2.26. The molecule has 1 aromatic heterocycles. The minimum atomic E-state index is 0.697. The van der Waals surface area contributed by atoms with Gasteiger partial charge in [0.25, 0.3) is 0 Å². The molecule has 0 N–H and O–H groups in total. The molecule has 0 atom stereocenters. The minimum absolute atomic E-state index is 0.697. The van der Waals surface area contributed by atoms with Crippen LogP contribution in [0.2, 0.25) is 5.15 Å². The van der Waals surface area contributed by atoms with Gasteiger partial charge in [0, 0.05) is 19.0 Å². The number of terminal acetylenes is 1. The van der Waals surface area contributed by atoms with Gasteiger partial charge in [-0.2, -0.15) is 5.10 Å². The van der Waals surface area contributed by atoms with E-state index in [9.17, 15) is 0 Å². The maximum Gasteiger partial charge on any atom is 0.130 e. The maximum absolute atomic E-state index is 5.98. The number of nitrogens with zero attached hydrogens (tertiary/aromatic N) is 2. The van der Waals surface area contributed by atoms with Gasteiger partial charge in [0.15, 0.2) is 0 Å². The van der Waals surface area contributed by atoms with E-state index in [4.69, 9.17) is 18.0 Å². The van der Waals surface area contributed by atoms with Crippen LogP contribution in [0.4, 0.5) is 0 Å². The van der Waals surface area contributed by atoms with E-state index in [-0.39, 0.29) is 0 Å². The van der Waals surface area contributed by atoms with Crippen LogP contribution in [0, 0.1) is 19.3 Å². The molecule has 0 aliphatic rings. The Balaban J connectivity index is 2.91. The van der Waals surface area contributed by atoms with Crippen LogP contribution in [0.15, 0.2) is 0 Å². The molecule has 0 fully saturated rings. The fraction of sp³-hybridized carbons (Fsp3) is 0.444. The van der Waals surface area contributed by atoms with Crippen molar-refractivity contribution >= 4 is 11.6 Å². The molecule has 3 heteroatoms. The van der Waals surface area contributed by atoms with Gasteiger partial charge in [-0.1, -0.05) is 11.6 Å². The van der Waals surface area contributed by atoms with Crippen molar-refractivity contribution in [2.45, 2.75) is 19.8 Å². The summed E-state index contributed by atoms with van der Waals surface area (Å²) in [7, 11) is 1.83. The second kappa shape index (κ2) is 3.64. The van der Waals surface area contributed by atoms with Crippen LogP contribution in [0.5, 0.6) is 0 Å². The highest BCUT2D eigenvalue weighted by molar-refractivity contribution is 6.30. The Morgan fingerprint density at radius 1 is 1.67 bits per heavy atom. The van der Waals surface area contributed by atoms with Crippen molar-refractivity contribution < 1.29 is 0 Å². The Bertz CT molecular complexity index is 320. The zero-order chi connectivity index (χ0) is 9.14. The predicted octanol–water partition coefficient (Wildman–Crippen LogP) is 1.95. The van der Waals surface area contributed by atoms with Crippen molar-refractivity contribution in [3.8, 4) is 12.3 Å². The molecule has 0 aromatic carbocycles. The molecule has 0 unspecified atom stereocenters. The van der Waals surface area contributed by atoms with E-state index in [2.05, 4.69) is 11.0 Å². The first kappa shape index (κ1) is 9.15. The number of hydrogen-bond acceptors (Lipinski definition) is 1. The van der Waals surface area contributed by atoms with Crippen molar-refractivity contribution in [2.75, 3.05) is 0 Å². The molecule has 1 heterocycles. The van der Waals surface area contributed by atoms with Gasteiger partial charge >= 0.3 is 0 Å². The zero-order valence-corrected chi connectivity index (χ0v) is 8.02. The van der Waals surface area contributed by atoms with Gasteiger partial charge in [0.1, 0.15) is 5.15 Å². The summed E-state index contributed by atoms with van der Waals surface area (Å²) in [6, 6.07) is 0. The molecule has 0 aliphatic carbocycles. The minimum Gasteiger partial charge on any atom is -0.257 e. The van der Waals surface area contributed by atoms with Crippen LogP contribution in [0.25, 0.3) is 0 Å². The van der Waals surface area contributed by atoms with Crippen LogP contribution >= 0.6 is 11.6 Å². The molecule has 12 heavy (non-hydrogen) atoms. The van der Waals surface area contributed by atoms with Gasteiger partial charge < -0.3 is 0 Å². The van der Waals surface area contributed by atoms with E-state index in [1.807, 2.05) is 14.0 Å². The molecule has 0 amide bonds. The Morgan fingerprint density at radius 2 is 2.33 bits per heavy atom.